The zero-order valence-electron chi connectivity index (χ0n) is 35.4. The zero-order chi connectivity index (χ0) is 47.6. The lowest BCUT2D eigenvalue weighted by Gasteiger charge is -2.29. The molecule has 0 saturated carbocycles. The van der Waals surface area contributed by atoms with Crippen LogP contribution in [0.1, 0.15) is 65.0 Å². The lowest BCUT2D eigenvalue weighted by Crippen LogP contribution is -2.62. The molecule has 0 fully saturated rings. The topological polar surface area (TPSA) is 362 Å². The minimum Gasteiger partial charge on any atom is -0.508 e. The summed E-state index contributed by atoms with van der Waals surface area (Å²) in [5, 5.41) is 55.7. The highest BCUT2D eigenvalue weighted by molar-refractivity contribution is 5.98. The predicted molar refractivity (Wildman–Crippen MR) is 222 cm³/mol. The maximum absolute atomic E-state index is 14.2. The molecule has 2 aromatic carbocycles. The van der Waals surface area contributed by atoms with Crippen LogP contribution in [0, 0.1) is 5.92 Å². The molecule has 0 radical (unpaired) electrons. The molecule has 2 aromatic rings. The molecule has 13 N–H and O–H groups in total. The maximum Gasteiger partial charge on any atom is 0.305 e. The number of aliphatic hydroxyl groups is 1. The molecule has 22 nitrogen and oxygen atoms in total. The number of rotatable bonds is 25. The van der Waals surface area contributed by atoms with Crippen molar-refractivity contribution in [1.29, 1.82) is 0 Å². The largest absolute Gasteiger partial charge is 0.508 e. The maximum atomic E-state index is 14.2. The second-order valence-electron chi connectivity index (χ2n) is 15.1. The normalized spacial score (nSPS) is 14.7. The van der Waals surface area contributed by atoms with Crippen LogP contribution in [0.3, 0.4) is 0 Å². The van der Waals surface area contributed by atoms with Crippen molar-refractivity contribution < 1.29 is 68.4 Å². The number of benzene rings is 2. The van der Waals surface area contributed by atoms with Crippen molar-refractivity contribution in [2.75, 3.05) is 0 Å². The van der Waals surface area contributed by atoms with Gasteiger partial charge in [-0.25, -0.2) is 0 Å². The van der Waals surface area contributed by atoms with E-state index < -0.39 is 133 Å². The van der Waals surface area contributed by atoms with Gasteiger partial charge < -0.3 is 63.4 Å². The average molecular weight is 885 g/mol. The van der Waals surface area contributed by atoms with Gasteiger partial charge in [0.1, 0.15) is 48.0 Å². The van der Waals surface area contributed by atoms with Crippen molar-refractivity contribution in [3.8, 4) is 5.75 Å². The van der Waals surface area contributed by atoms with Crippen LogP contribution in [0.2, 0.25) is 0 Å². The monoisotopic (exact) mass is 884 g/mol. The lowest BCUT2D eigenvalue weighted by molar-refractivity contribution is -0.141. The van der Waals surface area contributed by atoms with Gasteiger partial charge in [-0.15, -0.1) is 0 Å². The number of amides is 8. The first-order chi connectivity index (χ1) is 29.5. The summed E-state index contributed by atoms with van der Waals surface area (Å²) < 4.78 is 0. The van der Waals surface area contributed by atoms with E-state index in [1.54, 1.807) is 44.2 Å². The molecule has 8 unspecified atom stereocenters. The molecule has 0 heterocycles. The summed E-state index contributed by atoms with van der Waals surface area (Å²) in [7, 11) is 0. The van der Waals surface area contributed by atoms with E-state index in [1.165, 1.54) is 31.2 Å². The summed E-state index contributed by atoms with van der Waals surface area (Å²) in [4.78, 5) is 128. The van der Waals surface area contributed by atoms with Gasteiger partial charge in [-0.1, -0.05) is 56.3 Å². The number of phenols is 1. The molecule has 0 bridgehead atoms. The first-order valence-corrected chi connectivity index (χ1v) is 19.8. The van der Waals surface area contributed by atoms with Gasteiger partial charge in [0.25, 0.3) is 0 Å². The van der Waals surface area contributed by atoms with E-state index in [1.807, 2.05) is 0 Å². The van der Waals surface area contributed by atoms with Gasteiger partial charge in [0.15, 0.2) is 0 Å². The molecule has 0 saturated heterocycles. The quantitative estimate of drug-likeness (QED) is 0.0490. The van der Waals surface area contributed by atoms with E-state index in [0.717, 1.165) is 13.8 Å². The highest BCUT2D eigenvalue weighted by Crippen LogP contribution is 2.14. The Bertz CT molecular complexity index is 1960. The van der Waals surface area contributed by atoms with E-state index in [2.05, 4.69) is 37.2 Å². The summed E-state index contributed by atoms with van der Waals surface area (Å²) in [6.45, 7) is 6.71. The molecule has 0 aliphatic rings. The number of nitrogens with one attached hydrogen (secondary N) is 7. The number of aliphatic carboxylic acids is 2. The van der Waals surface area contributed by atoms with Gasteiger partial charge in [0.05, 0.1) is 12.5 Å². The lowest BCUT2D eigenvalue weighted by atomic mass is 9.99. The van der Waals surface area contributed by atoms with Crippen LogP contribution < -0.4 is 43.0 Å². The highest BCUT2D eigenvalue weighted by atomic mass is 16.4. The molecule has 344 valence electrons. The summed E-state index contributed by atoms with van der Waals surface area (Å²) in [5.41, 5.74) is 6.22. The molecule has 2 rings (SSSR count). The Morgan fingerprint density at radius 1 is 0.556 bits per heavy atom. The van der Waals surface area contributed by atoms with Crippen molar-refractivity contribution in [3.05, 3.63) is 65.7 Å². The predicted octanol–water partition coefficient (Wildman–Crippen LogP) is -2.53. The third-order valence-corrected chi connectivity index (χ3v) is 9.37. The molecule has 0 aliphatic carbocycles. The fourth-order valence-corrected chi connectivity index (χ4v) is 5.98. The van der Waals surface area contributed by atoms with Crippen LogP contribution in [-0.4, -0.2) is 128 Å². The summed E-state index contributed by atoms with van der Waals surface area (Å²) >= 11 is 0. The van der Waals surface area contributed by atoms with E-state index >= 15 is 0 Å². The number of carbonyl (C=O) groups is 10. The second kappa shape index (κ2) is 25.0. The molecular formula is C41H56N8O14. The Hall–Kier alpha value is -7.10. The van der Waals surface area contributed by atoms with Gasteiger partial charge in [0, 0.05) is 26.2 Å². The van der Waals surface area contributed by atoms with Crippen LogP contribution >= 0.6 is 0 Å². The standard InChI is InChI=1S/C41H56N8O14/c1-20(2)33(40(62)45-28(35(42)57)19-32(55)56)48-39(61)30(18-25-11-13-26(52)14-12-25)46-38(60)29(17-24-9-7-6-8-10-24)47-41(63)34(22(4)50)49-37(59)27(15-16-31(53)54)44-36(58)21(3)43-23(5)51/h6-14,20-22,27-30,33-34,50,52H,15-19H2,1-5H3,(H2,42,57)(H,43,51)(H,44,58)(H,45,62)(H,46,60)(H,47,63)(H,48,61)(H,49,59)(H,53,54)(H,55,56). The van der Waals surface area contributed by atoms with Crippen LogP contribution in [0.15, 0.2) is 54.6 Å². The molecule has 22 heteroatoms. The fraction of sp³-hybridized carbons (Fsp3) is 0.463. The minimum atomic E-state index is -1.80. The number of hydrogen-bond acceptors (Lipinski definition) is 12. The van der Waals surface area contributed by atoms with Gasteiger partial charge in [-0.3, -0.25) is 47.9 Å². The number of carbonyl (C=O) groups excluding carboxylic acids is 8. The molecule has 8 amide bonds. The summed E-state index contributed by atoms with van der Waals surface area (Å²) in [6.07, 6.45) is -3.98. The number of hydrogen-bond donors (Lipinski definition) is 12. The molecular weight excluding hydrogens is 828 g/mol. The van der Waals surface area contributed by atoms with Crippen LogP contribution in [-0.2, 0) is 60.8 Å². The van der Waals surface area contributed by atoms with Crippen molar-refractivity contribution in [3.63, 3.8) is 0 Å². The highest BCUT2D eigenvalue weighted by Gasteiger charge is 2.36. The number of carboxylic acid groups (broad SMARTS) is 2. The summed E-state index contributed by atoms with van der Waals surface area (Å²) in [5.74, 6) is -11.1. The van der Waals surface area contributed by atoms with Gasteiger partial charge in [0.2, 0.25) is 47.3 Å². The van der Waals surface area contributed by atoms with Crippen molar-refractivity contribution in [1.82, 2.24) is 37.2 Å². The van der Waals surface area contributed by atoms with E-state index in [9.17, 15) is 68.4 Å². The number of nitrogens with two attached hydrogens (primary N) is 1. The Balaban J connectivity index is 2.49. The number of carboxylic acids is 2. The molecule has 63 heavy (non-hydrogen) atoms. The van der Waals surface area contributed by atoms with Crippen molar-refractivity contribution in [2.45, 2.75) is 115 Å². The van der Waals surface area contributed by atoms with Gasteiger partial charge >= 0.3 is 11.9 Å². The first kappa shape index (κ1) is 52.0. The number of primary amides is 1. The van der Waals surface area contributed by atoms with E-state index in [0.29, 0.717) is 11.1 Å². The SMILES string of the molecule is CC(=O)NC(C)C(=O)NC(CCC(=O)O)C(=O)NC(C(=O)NC(Cc1ccccc1)C(=O)NC(Cc1ccc(O)cc1)C(=O)NC(C(=O)NC(CC(=O)O)C(N)=O)C(C)C)C(C)O. The van der Waals surface area contributed by atoms with E-state index in [-0.39, 0.29) is 18.6 Å². The third kappa shape index (κ3) is 18.2. The van der Waals surface area contributed by atoms with Gasteiger partial charge in [-0.05, 0) is 49.4 Å². The molecule has 0 spiro atoms. The van der Waals surface area contributed by atoms with Crippen molar-refractivity contribution in [2.24, 2.45) is 11.7 Å². The Morgan fingerprint density at radius 3 is 1.51 bits per heavy atom. The number of aliphatic hydroxyl groups excluding tert-OH is 1. The minimum absolute atomic E-state index is 0.105. The first-order valence-electron chi connectivity index (χ1n) is 19.8. The smallest absolute Gasteiger partial charge is 0.305 e. The second-order valence-corrected chi connectivity index (χ2v) is 15.1. The molecule has 8 atom stereocenters. The molecule has 0 aromatic heterocycles. The van der Waals surface area contributed by atoms with E-state index in [4.69, 9.17) is 5.73 Å². The number of phenolic OH excluding ortho intramolecular Hbond substituents is 1. The van der Waals surface area contributed by atoms with Crippen LogP contribution in [0.25, 0.3) is 0 Å². The van der Waals surface area contributed by atoms with Gasteiger partial charge in [-0.2, -0.15) is 0 Å². The van der Waals surface area contributed by atoms with Crippen LogP contribution in [0.5, 0.6) is 5.75 Å². The third-order valence-electron chi connectivity index (χ3n) is 9.37. The zero-order valence-corrected chi connectivity index (χ0v) is 35.4. The number of aromatic hydroxyl groups is 1. The summed E-state index contributed by atoms with van der Waals surface area (Å²) in [6, 6.07) is 3.32. The Morgan fingerprint density at radius 2 is 1.02 bits per heavy atom. The Labute approximate surface area is 362 Å². The fourth-order valence-electron chi connectivity index (χ4n) is 5.98. The van der Waals surface area contributed by atoms with Crippen molar-refractivity contribution >= 4 is 59.2 Å². The van der Waals surface area contributed by atoms with Crippen LogP contribution in [0.4, 0.5) is 0 Å². The average Bonchev–Trinajstić information content (AvgIpc) is 3.19. The molecule has 0 aliphatic heterocycles. The Kier molecular flexibility index (Phi) is 20.6.